The number of methoxy groups -OCH3 is 1. The van der Waals surface area contributed by atoms with Crippen molar-refractivity contribution in [2.45, 2.75) is 13.3 Å². The SMILES string of the molecule is COC(=O)CCN(C)CC(C)=CCl. The van der Waals surface area contributed by atoms with E-state index in [2.05, 4.69) is 4.74 Å². The Kier molecular flexibility index (Phi) is 6.63. The maximum Gasteiger partial charge on any atom is 0.306 e. The Morgan fingerprint density at radius 2 is 2.23 bits per heavy atom. The van der Waals surface area contributed by atoms with Gasteiger partial charge in [-0.15, -0.1) is 0 Å². The number of ether oxygens (including phenoxy) is 1. The minimum Gasteiger partial charge on any atom is -0.469 e. The largest absolute Gasteiger partial charge is 0.469 e. The van der Waals surface area contributed by atoms with Crippen molar-refractivity contribution in [3.05, 3.63) is 11.1 Å². The van der Waals surface area contributed by atoms with E-state index in [1.165, 1.54) is 7.11 Å². The van der Waals surface area contributed by atoms with Crippen LogP contribution in [-0.2, 0) is 9.53 Å². The summed E-state index contributed by atoms with van der Waals surface area (Å²) in [5.74, 6) is -0.181. The average Bonchev–Trinajstić information content (AvgIpc) is 2.13. The molecule has 0 aliphatic heterocycles. The number of esters is 1. The highest BCUT2D eigenvalue weighted by Crippen LogP contribution is 1.99. The van der Waals surface area contributed by atoms with Crippen molar-refractivity contribution in [3.63, 3.8) is 0 Å². The van der Waals surface area contributed by atoms with Gasteiger partial charge in [-0.25, -0.2) is 0 Å². The molecule has 0 aromatic rings. The van der Waals surface area contributed by atoms with Gasteiger partial charge in [-0.1, -0.05) is 11.6 Å². The summed E-state index contributed by atoms with van der Waals surface area (Å²) >= 11 is 5.51. The maximum absolute atomic E-state index is 10.8. The van der Waals surface area contributed by atoms with Crippen LogP contribution in [0.5, 0.6) is 0 Å². The van der Waals surface area contributed by atoms with Crippen LogP contribution >= 0.6 is 11.6 Å². The van der Waals surface area contributed by atoms with E-state index < -0.39 is 0 Å². The molecule has 76 valence electrons. The molecule has 0 radical (unpaired) electrons. The normalized spacial score (nSPS) is 11.9. The van der Waals surface area contributed by atoms with Gasteiger partial charge >= 0.3 is 5.97 Å². The molecule has 0 bridgehead atoms. The molecule has 13 heavy (non-hydrogen) atoms. The van der Waals surface area contributed by atoms with Gasteiger partial charge in [-0.3, -0.25) is 4.79 Å². The van der Waals surface area contributed by atoms with Crippen molar-refractivity contribution in [1.29, 1.82) is 0 Å². The van der Waals surface area contributed by atoms with Crippen LogP contribution in [-0.4, -0.2) is 38.1 Å². The van der Waals surface area contributed by atoms with Gasteiger partial charge in [-0.05, 0) is 19.5 Å². The third-order valence-corrected chi connectivity index (χ3v) is 2.00. The molecule has 0 aliphatic carbocycles. The highest BCUT2D eigenvalue weighted by molar-refractivity contribution is 6.25. The lowest BCUT2D eigenvalue weighted by atomic mass is 10.3. The first-order chi connectivity index (χ1) is 6.10. The van der Waals surface area contributed by atoms with Crippen molar-refractivity contribution in [2.75, 3.05) is 27.2 Å². The number of hydrogen-bond acceptors (Lipinski definition) is 3. The molecule has 4 heteroatoms. The van der Waals surface area contributed by atoms with Gasteiger partial charge in [0, 0.05) is 18.6 Å². The highest BCUT2D eigenvalue weighted by atomic mass is 35.5. The predicted molar refractivity (Wildman–Crippen MR) is 53.7 cm³/mol. The van der Waals surface area contributed by atoms with Crippen LogP contribution in [0.3, 0.4) is 0 Å². The molecule has 0 unspecified atom stereocenters. The summed E-state index contributed by atoms with van der Waals surface area (Å²) in [5.41, 5.74) is 2.63. The van der Waals surface area contributed by atoms with Crippen molar-refractivity contribution < 1.29 is 9.53 Å². The van der Waals surface area contributed by atoms with Gasteiger partial charge in [-0.2, -0.15) is 0 Å². The summed E-state index contributed by atoms with van der Waals surface area (Å²) in [6.45, 7) is 3.41. The van der Waals surface area contributed by atoms with Crippen molar-refractivity contribution in [2.24, 2.45) is 0 Å². The molecule has 0 aromatic heterocycles. The van der Waals surface area contributed by atoms with Crippen LogP contribution in [0.1, 0.15) is 13.3 Å². The Labute approximate surface area is 84.3 Å². The zero-order valence-corrected chi connectivity index (χ0v) is 9.10. The Bertz CT molecular complexity index is 192. The van der Waals surface area contributed by atoms with Crippen molar-refractivity contribution in [3.8, 4) is 0 Å². The second kappa shape index (κ2) is 6.92. The quantitative estimate of drug-likeness (QED) is 0.639. The van der Waals surface area contributed by atoms with Gasteiger partial charge < -0.3 is 9.64 Å². The molecule has 0 fully saturated rings. The molecule has 0 aliphatic rings. The van der Waals surface area contributed by atoms with Gasteiger partial charge in [0.05, 0.1) is 13.5 Å². The number of hydrogen-bond donors (Lipinski definition) is 0. The first-order valence-electron chi connectivity index (χ1n) is 4.11. The zero-order chi connectivity index (χ0) is 10.3. The Balaban J connectivity index is 3.63. The molecule has 0 rings (SSSR count). The molecule has 0 N–H and O–H groups in total. The fourth-order valence-electron chi connectivity index (χ4n) is 0.924. The fraction of sp³-hybridized carbons (Fsp3) is 0.667. The third kappa shape index (κ3) is 6.61. The lowest BCUT2D eigenvalue weighted by molar-refractivity contribution is -0.140. The molecule has 0 saturated carbocycles. The molecule has 0 spiro atoms. The predicted octanol–water partition coefficient (Wildman–Crippen LogP) is 1.62. The summed E-state index contributed by atoms with van der Waals surface area (Å²) in [6.07, 6.45) is 0.419. The number of likely N-dealkylation sites (N-methyl/N-ethyl adjacent to an activating group) is 1. The smallest absolute Gasteiger partial charge is 0.306 e. The van der Waals surface area contributed by atoms with E-state index in [1.807, 2.05) is 18.9 Å². The van der Waals surface area contributed by atoms with Crippen LogP contribution in [0.4, 0.5) is 0 Å². The summed E-state index contributed by atoms with van der Waals surface area (Å²) in [5, 5.41) is 0. The summed E-state index contributed by atoms with van der Waals surface area (Å²) in [7, 11) is 3.33. The minimum absolute atomic E-state index is 0.181. The Morgan fingerprint density at radius 1 is 1.62 bits per heavy atom. The first-order valence-corrected chi connectivity index (χ1v) is 4.55. The highest BCUT2D eigenvalue weighted by Gasteiger charge is 2.03. The third-order valence-electron chi connectivity index (χ3n) is 1.63. The van der Waals surface area contributed by atoms with Gasteiger partial charge in [0.15, 0.2) is 0 Å². The van der Waals surface area contributed by atoms with Gasteiger partial charge in [0.1, 0.15) is 0 Å². The van der Waals surface area contributed by atoms with Crippen molar-refractivity contribution >= 4 is 17.6 Å². The molecular weight excluding hydrogens is 190 g/mol. The fourth-order valence-corrected chi connectivity index (χ4v) is 0.993. The number of halogens is 1. The molecule has 3 nitrogen and oxygen atoms in total. The van der Waals surface area contributed by atoms with Gasteiger partial charge in [0.25, 0.3) is 0 Å². The van der Waals surface area contributed by atoms with Gasteiger partial charge in [0.2, 0.25) is 0 Å². The van der Waals surface area contributed by atoms with Crippen LogP contribution in [0.15, 0.2) is 11.1 Å². The number of nitrogens with zero attached hydrogens (tertiary/aromatic N) is 1. The van der Waals surface area contributed by atoms with E-state index in [0.717, 1.165) is 12.1 Å². The summed E-state index contributed by atoms with van der Waals surface area (Å²) < 4.78 is 4.53. The molecule has 0 saturated heterocycles. The Morgan fingerprint density at radius 3 is 2.69 bits per heavy atom. The van der Waals surface area contributed by atoms with Crippen LogP contribution in [0.2, 0.25) is 0 Å². The lowest BCUT2D eigenvalue weighted by Gasteiger charge is -2.15. The van der Waals surface area contributed by atoms with Crippen LogP contribution < -0.4 is 0 Å². The molecule has 0 heterocycles. The summed E-state index contributed by atoms with van der Waals surface area (Å²) in [6, 6.07) is 0. The van der Waals surface area contributed by atoms with E-state index in [1.54, 1.807) is 5.54 Å². The van der Waals surface area contributed by atoms with E-state index >= 15 is 0 Å². The van der Waals surface area contributed by atoms with E-state index in [0.29, 0.717) is 13.0 Å². The molecule has 0 atom stereocenters. The zero-order valence-electron chi connectivity index (χ0n) is 8.34. The first kappa shape index (κ1) is 12.5. The van der Waals surface area contributed by atoms with Crippen molar-refractivity contribution in [1.82, 2.24) is 4.90 Å². The maximum atomic E-state index is 10.8. The lowest BCUT2D eigenvalue weighted by Crippen LogP contribution is -2.23. The van der Waals surface area contributed by atoms with E-state index in [4.69, 9.17) is 11.6 Å². The topological polar surface area (TPSA) is 29.5 Å². The van der Waals surface area contributed by atoms with Crippen LogP contribution in [0.25, 0.3) is 0 Å². The van der Waals surface area contributed by atoms with E-state index in [9.17, 15) is 4.79 Å². The second-order valence-corrected chi connectivity index (χ2v) is 3.24. The monoisotopic (exact) mass is 205 g/mol. The number of carbonyl (C=O) groups excluding carboxylic acids is 1. The number of carbonyl (C=O) groups is 1. The number of rotatable bonds is 5. The molecular formula is C9H16ClNO2. The molecule has 0 aromatic carbocycles. The Hall–Kier alpha value is -0.540. The van der Waals surface area contributed by atoms with E-state index in [-0.39, 0.29) is 5.97 Å². The second-order valence-electron chi connectivity index (χ2n) is 3.02. The standard InChI is InChI=1S/C9H16ClNO2/c1-8(6-10)7-11(2)5-4-9(12)13-3/h6H,4-5,7H2,1-3H3. The minimum atomic E-state index is -0.181. The average molecular weight is 206 g/mol. The van der Waals surface area contributed by atoms with Crippen LogP contribution in [0, 0.1) is 0 Å². The molecule has 0 amide bonds. The summed E-state index contributed by atoms with van der Waals surface area (Å²) in [4.78, 5) is 12.8.